The summed E-state index contributed by atoms with van der Waals surface area (Å²) in [7, 11) is -3.86. The van der Waals surface area contributed by atoms with Gasteiger partial charge < -0.3 is 4.74 Å². The number of aromatic nitrogens is 2. The Labute approximate surface area is 179 Å². The number of anilines is 1. The molecular weight excluding hydrogens is 412 g/mol. The Bertz CT molecular complexity index is 1340. The van der Waals surface area contributed by atoms with Crippen LogP contribution >= 0.6 is 0 Å². The number of rotatable bonds is 6. The molecule has 4 aromatic rings. The van der Waals surface area contributed by atoms with Gasteiger partial charge in [-0.3, -0.25) is 0 Å². The highest BCUT2D eigenvalue weighted by Gasteiger charge is 2.18. The Morgan fingerprint density at radius 3 is 2.16 bits per heavy atom. The second-order valence-electron chi connectivity index (χ2n) is 6.44. The minimum atomic E-state index is -3.86. The van der Waals surface area contributed by atoms with Crippen LogP contribution in [0.1, 0.15) is 5.56 Å². The van der Waals surface area contributed by atoms with Crippen LogP contribution in [-0.4, -0.2) is 18.4 Å². The van der Waals surface area contributed by atoms with Gasteiger partial charge in [0.1, 0.15) is 5.75 Å². The van der Waals surface area contributed by atoms with Gasteiger partial charge in [-0.1, -0.05) is 48.5 Å². The SMILES string of the molecule is N#Cc1ccc(-c2cnc(NS(=O)(=O)c3ccccc3)nc2Oc2ccccc2)cc1. The fraction of sp³-hybridized carbons (Fsp3) is 0. The number of hydrogen-bond donors (Lipinski definition) is 1. The Balaban J connectivity index is 1.73. The lowest BCUT2D eigenvalue weighted by molar-refractivity contribution is 0.464. The molecule has 31 heavy (non-hydrogen) atoms. The average Bonchev–Trinajstić information content (AvgIpc) is 2.80. The van der Waals surface area contributed by atoms with E-state index in [9.17, 15) is 8.42 Å². The van der Waals surface area contributed by atoms with Gasteiger partial charge in [0.15, 0.2) is 0 Å². The van der Waals surface area contributed by atoms with Crippen molar-refractivity contribution in [2.45, 2.75) is 4.90 Å². The van der Waals surface area contributed by atoms with E-state index >= 15 is 0 Å². The van der Waals surface area contributed by atoms with E-state index < -0.39 is 10.0 Å². The number of nitriles is 1. The summed E-state index contributed by atoms with van der Waals surface area (Å²) < 4.78 is 33.6. The standard InChI is InChI=1S/C23H16N4O3S/c24-15-17-11-13-18(14-12-17)21-16-25-23(26-22(21)30-19-7-3-1-4-8-19)27-31(28,29)20-9-5-2-6-10-20/h1-14,16H,(H,25,26,27). The molecular formula is C23H16N4O3S. The predicted molar refractivity (Wildman–Crippen MR) is 116 cm³/mol. The summed E-state index contributed by atoms with van der Waals surface area (Å²) in [5.41, 5.74) is 1.79. The zero-order chi connectivity index (χ0) is 21.7. The van der Waals surface area contributed by atoms with Crippen molar-refractivity contribution in [3.05, 3.63) is 96.7 Å². The number of hydrogen-bond acceptors (Lipinski definition) is 6. The molecule has 0 saturated carbocycles. The van der Waals surface area contributed by atoms with Crippen LogP contribution < -0.4 is 9.46 Å². The van der Waals surface area contributed by atoms with Crippen molar-refractivity contribution in [2.75, 3.05) is 4.72 Å². The van der Waals surface area contributed by atoms with Crippen LogP contribution in [0.4, 0.5) is 5.95 Å². The van der Waals surface area contributed by atoms with Gasteiger partial charge in [-0.15, -0.1) is 0 Å². The quantitative estimate of drug-likeness (QED) is 0.481. The zero-order valence-electron chi connectivity index (χ0n) is 16.1. The lowest BCUT2D eigenvalue weighted by atomic mass is 10.1. The molecule has 3 aromatic carbocycles. The maximum atomic E-state index is 12.6. The molecule has 1 N–H and O–H groups in total. The van der Waals surface area contributed by atoms with Crippen molar-refractivity contribution in [2.24, 2.45) is 0 Å². The second kappa shape index (κ2) is 8.65. The molecule has 0 aliphatic heterocycles. The lowest BCUT2D eigenvalue weighted by Crippen LogP contribution is -2.15. The highest BCUT2D eigenvalue weighted by Crippen LogP contribution is 2.32. The van der Waals surface area contributed by atoms with E-state index in [1.165, 1.54) is 18.3 Å². The van der Waals surface area contributed by atoms with E-state index in [2.05, 4.69) is 20.8 Å². The molecule has 0 unspecified atom stereocenters. The van der Waals surface area contributed by atoms with Crippen molar-refractivity contribution >= 4 is 16.0 Å². The molecule has 0 saturated heterocycles. The van der Waals surface area contributed by atoms with Gasteiger partial charge in [0.25, 0.3) is 10.0 Å². The third-order valence-corrected chi connectivity index (χ3v) is 5.66. The topological polar surface area (TPSA) is 105 Å². The molecule has 0 bridgehead atoms. The van der Waals surface area contributed by atoms with Crippen LogP contribution in [0.25, 0.3) is 11.1 Å². The smallest absolute Gasteiger partial charge is 0.264 e. The number of benzene rings is 3. The van der Waals surface area contributed by atoms with Crippen LogP contribution in [0.15, 0.2) is 96.0 Å². The van der Waals surface area contributed by atoms with E-state index in [0.717, 1.165) is 5.56 Å². The molecule has 7 nitrogen and oxygen atoms in total. The van der Waals surface area contributed by atoms with Crippen LogP contribution in [0.2, 0.25) is 0 Å². The monoisotopic (exact) mass is 428 g/mol. The van der Waals surface area contributed by atoms with Crippen LogP contribution in [-0.2, 0) is 10.0 Å². The van der Waals surface area contributed by atoms with Crippen molar-refractivity contribution in [3.63, 3.8) is 0 Å². The Morgan fingerprint density at radius 1 is 0.871 bits per heavy atom. The number of para-hydroxylation sites is 1. The highest BCUT2D eigenvalue weighted by atomic mass is 32.2. The molecule has 152 valence electrons. The van der Waals surface area contributed by atoms with E-state index in [4.69, 9.17) is 10.00 Å². The van der Waals surface area contributed by atoms with Gasteiger partial charge in [0, 0.05) is 6.20 Å². The fourth-order valence-corrected chi connectivity index (χ4v) is 3.77. The fourth-order valence-electron chi connectivity index (χ4n) is 2.79. The molecule has 1 aromatic heterocycles. The molecule has 0 radical (unpaired) electrons. The minimum Gasteiger partial charge on any atom is -0.438 e. The van der Waals surface area contributed by atoms with Crippen molar-refractivity contribution in [3.8, 4) is 28.8 Å². The number of ether oxygens (including phenoxy) is 1. The van der Waals surface area contributed by atoms with E-state index in [0.29, 0.717) is 16.9 Å². The van der Waals surface area contributed by atoms with Gasteiger partial charge in [-0.25, -0.2) is 18.1 Å². The van der Waals surface area contributed by atoms with E-state index in [1.54, 1.807) is 54.6 Å². The maximum absolute atomic E-state index is 12.6. The van der Waals surface area contributed by atoms with E-state index in [-0.39, 0.29) is 16.7 Å². The molecule has 0 aliphatic carbocycles. The lowest BCUT2D eigenvalue weighted by Gasteiger charge is -2.13. The third-order valence-electron chi connectivity index (χ3n) is 4.32. The summed E-state index contributed by atoms with van der Waals surface area (Å²) in [5.74, 6) is 0.594. The average molecular weight is 428 g/mol. The van der Waals surface area contributed by atoms with Crippen LogP contribution in [0.3, 0.4) is 0 Å². The summed E-state index contributed by atoms with van der Waals surface area (Å²) in [6.45, 7) is 0. The summed E-state index contributed by atoms with van der Waals surface area (Å²) in [6.07, 6.45) is 1.48. The number of nitrogens with zero attached hydrogens (tertiary/aromatic N) is 3. The summed E-state index contributed by atoms with van der Waals surface area (Å²) in [5, 5.41) is 9.02. The summed E-state index contributed by atoms with van der Waals surface area (Å²) >= 11 is 0. The molecule has 0 amide bonds. The minimum absolute atomic E-state index is 0.0975. The van der Waals surface area contributed by atoms with Crippen LogP contribution in [0, 0.1) is 11.3 Å². The van der Waals surface area contributed by atoms with Gasteiger partial charge in [0.05, 0.1) is 22.1 Å². The predicted octanol–water partition coefficient (Wildman–Crippen LogP) is 4.61. The molecule has 0 fully saturated rings. The van der Waals surface area contributed by atoms with Gasteiger partial charge in [-0.05, 0) is 42.0 Å². The molecule has 1 heterocycles. The van der Waals surface area contributed by atoms with Gasteiger partial charge in [0.2, 0.25) is 11.8 Å². The maximum Gasteiger partial charge on any atom is 0.264 e. The highest BCUT2D eigenvalue weighted by molar-refractivity contribution is 7.92. The summed E-state index contributed by atoms with van der Waals surface area (Å²) in [6, 6.07) is 25.9. The van der Waals surface area contributed by atoms with Crippen molar-refractivity contribution < 1.29 is 13.2 Å². The van der Waals surface area contributed by atoms with Gasteiger partial charge in [-0.2, -0.15) is 10.2 Å². The first-order chi connectivity index (χ1) is 15.0. The van der Waals surface area contributed by atoms with Crippen molar-refractivity contribution in [1.82, 2.24) is 9.97 Å². The largest absolute Gasteiger partial charge is 0.438 e. The first-order valence-corrected chi connectivity index (χ1v) is 10.7. The van der Waals surface area contributed by atoms with Gasteiger partial charge >= 0.3 is 0 Å². The molecule has 0 spiro atoms. The molecule has 0 aliphatic rings. The zero-order valence-corrected chi connectivity index (χ0v) is 17.0. The molecule has 4 rings (SSSR count). The number of sulfonamides is 1. The second-order valence-corrected chi connectivity index (χ2v) is 8.12. The Kier molecular flexibility index (Phi) is 5.60. The van der Waals surface area contributed by atoms with Crippen LogP contribution in [0.5, 0.6) is 11.6 Å². The normalized spacial score (nSPS) is 10.8. The van der Waals surface area contributed by atoms with Crippen molar-refractivity contribution in [1.29, 1.82) is 5.26 Å². The number of nitrogens with one attached hydrogen (secondary N) is 1. The first-order valence-electron chi connectivity index (χ1n) is 9.23. The Hall–Kier alpha value is -4.22. The molecule has 0 atom stereocenters. The Morgan fingerprint density at radius 2 is 1.52 bits per heavy atom. The van der Waals surface area contributed by atoms with E-state index in [1.807, 2.05) is 18.2 Å². The molecule has 8 heteroatoms. The third kappa shape index (κ3) is 4.69. The first kappa shape index (κ1) is 20.1. The summed E-state index contributed by atoms with van der Waals surface area (Å²) in [4.78, 5) is 8.57.